The van der Waals surface area contributed by atoms with Crippen LogP contribution in [0.25, 0.3) is 0 Å². The van der Waals surface area contributed by atoms with Crippen molar-refractivity contribution in [2.24, 2.45) is 0 Å². The number of carbonyl (C=O) groups is 3. The summed E-state index contributed by atoms with van der Waals surface area (Å²) in [6.07, 6.45) is 51.9. The Hall–Kier alpha value is -3.49. The quantitative estimate of drug-likeness (QED) is 0.0217. The first-order chi connectivity index (χ1) is 28.1. The Balaban J connectivity index is 4.37. The van der Waals surface area contributed by atoms with Crippen molar-refractivity contribution in [3.05, 3.63) is 85.1 Å². The van der Waals surface area contributed by atoms with Crippen molar-refractivity contribution in [2.45, 2.75) is 174 Å². The lowest BCUT2D eigenvalue weighted by atomic mass is 10.1. The van der Waals surface area contributed by atoms with Crippen molar-refractivity contribution in [3.63, 3.8) is 0 Å². The molecule has 0 aliphatic heterocycles. The predicted molar refractivity (Wildman–Crippen MR) is 243 cm³/mol. The van der Waals surface area contributed by atoms with Gasteiger partial charge in [0, 0.05) is 19.3 Å². The molecule has 0 aliphatic carbocycles. The molecule has 0 aromatic carbocycles. The molecule has 0 amide bonds. The van der Waals surface area contributed by atoms with Gasteiger partial charge in [0.1, 0.15) is 6.61 Å². The van der Waals surface area contributed by atoms with Crippen LogP contribution in [-0.4, -0.2) is 80.6 Å². The molecule has 2 unspecified atom stereocenters. The lowest BCUT2D eigenvalue weighted by Gasteiger charge is -2.31. The van der Waals surface area contributed by atoms with Crippen LogP contribution in [0.2, 0.25) is 0 Å². The molecule has 0 heterocycles. The minimum absolute atomic E-state index is 0.0462. The summed E-state index contributed by atoms with van der Waals surface area (Å²) in [6.45, 7) is 4.44. The van der Waals surface area contributed by atoms with E-state index in [-0.39, 0.29) is 36.2 Å². The van der Waals surface area contributed by atoms with E-state index in [1.54, 1.807) is 0 Å². The van der Waals surface area contributed by atoms with Gasteiger partial charge in [0.25, 0.3) is 0 Å². The van der Waals surface area contributed by atoms with Gasteiger partial charge in [0.15, 0.2) is 12.1 Å². The van der Waals surface area contributed by atoms with Crippen molar-refractivity contribution < 1.29 is 38.2 Å². The van der Waals surface area contributed by atoms with Gasteiger partial charge in [0.2, 0.25) is 0 Å². The Morgan fingerprint density at radius 2 is 1.00 bits per heavy atom. The van der Waals surface area contributed by atoms with Crippen LogP contribution in [0.15, 0.2) is 85.1 Å². The fourth-order valence-corrected chi connectivity index (χ4v) is 6.17. The zero-order valence-electron chi connectivity index (χ0n) is 37.5. The average molecular weight is 811 g/mol. The van der Waals surface area contributed by atoms with Crippen LogP contribution in [0.1, 0.15) is 162 Å². The van der Waals surface area contributed by atoms with E-state index in [1.165, 1.54) is 38.5 Å². The number of rotatable bonds is 39. The predicted octanol–water partition coefficient (Wildman–Crippen LogP) is 12.5. The highest BCUT2D eigenvalue weighted by Crippen LogP contribution is 2.14. The number of esters is 2. The number of carbonyl (C=O) groups excluding carboxylic acids is 2. The molecule has 0 radical (unpaired) electrons. The Kier molecular flexibility index (Phi) is 37.9. The highest BCUT2D eigenvalue weighted by atomic mass is 16.6. The molecule has 58 heavy (non-hydrogen) atoms. The first-order valence-electron chi connectivity index (χ1n) is 22.7. The van der Waals surface area contributed by atoms with Crippen molar-refractivity contribution in [2.75, 3.05) is 41.0 Å². The number of unbranched alkanes of at least 4 members (excludes halogenated alkanes) is 14. The van der Waals surface area contributed by atoms with E-state index in [1.807, 2.05) is 45.4 Å². The Bertz CT molecular complexity index is 1220. The fraction of sp³-hybridized carbons (Fsp3) is 0.660. The van der Waals surface area contributed by atoms with E-state index in [4.69, 9.17) is 14.2 Å². The zero-order valence-corrected chi connectivity index (χ0v) is 37.5. The second-order valence-corrected chi connectivity index (χ2v) is 16.0. The highest BCUT2D eigenvalue weighted by Gasteiger charge is 2.31. The number of allylic oxidation sites excluding steroid dienone is 14. The molecule has 0 bridgehead atoms. The first kappa shape index (κ1) is 54.5. The zero-order chi connectivity index (χ0) is 42.8. The Labute approximate surface area is 354 Å². The van der Waals surface area contributed by atoms with Crippen molar-refractivity contribution in [1.82, 2.24) is 0 Å². The number of carboxylic acids is 1. The number of hydrogen-bond acceptors (Lipinski definition) is 6. The molecule has 0 saturated heterocycles. The molecule has 0 spiro atoms. The van der Waals surface area contributed by atoms with Gasteiger partial charge < -0.3 is 23.8 Å². The number of aliphatic carboxylic acids is 1. The largest absolute Gasteiger partial charge is 0.477 e. The second kappa shape index (κ2) is 40.3. The van der Waals surface area contributed by atoms with Crippen LogP contribution in [0.3, 0.4) is 0 Å². The molecule has 0 saturated carbocycles. The molecule has 0 aromatic heterocycles. The summed E-state index contributed by atoms with van der Waals surface area (Å²) >= 11 is 0. The number of quaternary nitrogens is 1. The normalized spacial score (nSPS) is 13.7. The van der Waals surface area contributed by atoms with Gasteiger partial charge in [-0.05, 0) is 64.2 Å². The number of hydrogen-bond donors (Lipinski definition) is 1. The first-order valence-corrected chi connectivity index (χ1v) is 22.7. The molecular weight excluding hydrogens is 727 g/mol. The number of carboxylic acid groups (broad SMARTS) is 1. The summed E-state index contributed by atoms with van der Waals surface area (Å²) in [6, 6.07) is -0.624. The van der Waals surface area contributed by atoms with Gasteiger partial charge in [-0.1, -0.05) is 163 Å². The maximum atomic E-state index is 12.7. The summed E-state index contributed by atoms with van der Waals surface area (Å²) < 4.78 is 17.3. The number of likely N-dealkylation sites (N-methyl/N-ethyl adjacent to an activating group) is 1. The van der Waals surface area contributed by atoms with Crippen molar-refractivity contribution in [1.29, 1.82) is 0 Å². The monoisotopic (exact) mass is 811 g/mol. The molecule has 330 valence electrons. The Morgan fingerprint density at radius 1 is 0.534 bits per heavy atom. The van der Waals surface area contributed by atoms with Gasteiger partial charge in [-0.15, -0.1) is 0 Å². The number of nitrogens with zero attached hydrogens (tertiary/aromatic N) is 1. The molecule has 0 rings (SSSR count). The summed E-state index contributed by atoms with van der Waals surface area (Å²) in [5.41, 5.74) is 0. The van der Waals surface area contributed by atoms with E-state index >= 15 is 0 Å². The maximum absolute atomic E-state index is 12.7. The highest BCUT2D eigenvalue weighted by molar-refractivity contribution is 5.72. The maximum Gasteiger partial charge on any atom is 0.362 e. The van der Waals surface area contributed by atoms with E-state index in [0.29, 0.717) is 19.3 Å². The Morgan fingerprint density at radius 3 is 1.55 bits per heavy atom. The minimum Gasteiger partial charge on any atom is -0.477 e. The van der Waals surface area contributed by atoms with Gasteiger partial charge in [0.05, 0.1) is 34.4 Å². The van der Waals surface area contributed by atoms with Crippen LogP contribution in [0.4, 0.5) is 0 Å². The third-order valence-corrected chi connectivity index (χ3v) is 9.63. The van der Waals surface area contributed by atoms with Crippen molar-refractivity contribution >= 4 is 17.9 Å². The summed E-state index contributed by atoms with van der Waals surface area (Å²) in [4.78, 5) is 37.0. The van der Waals surface area contributed by atoms with E-state index in [9.17, 15) is 19.5 Å². The second-order valence-electron chi connectivity index (χ2n) is 16.0. The van der Waals surface area contributed by atoms with Crippen LogP contribution in [-0.2, 0) is 28.6 Å². The fourth-order valence-electron chi connectivity index (χ4n) is 6.17. The van der Waals surface area contributed by atoms with Gasteiger partial charge >= 0.3 is 17.9 Å². The molecule has 1 N–H and O–H groups in total. The van der Waals surface area contributed by atoms with Gasteiger partial charge in [-0.25, -0.2) is 4.79 Å². The van der Waals surface area contributed by atoms with E-state index < -0.39 is 18.1 Å². The topological polar surface area (TPSA) is 99.1 Å². The van der Waals surface area contributed by atoms with E-state index in [2.05, 4.69) is 74.6 Å². The minimum atomic E-state index is -0.883. The molecule has 8 heteroatoms. The summed E-state index contributed by atoms with van der Waals surface area (Å²) in [5.74, 6) is -1.51. The molecule has 0 fully saturated rings. The summed E-state index contributed by atoms with van der Waals surface area (Å²) in [5, 5.41) is 9.63. The molecule has 8 nitrogen and oxygen atoms in total. The number of ether oxygens (including phenoxy) is 3. The molecule has 0 aliphatic rings. The van der Waals surface area contributed by atoms with Gasteiger partial charge in [-0.2, -0.15) is 0 Å². The smallest absolute Gasteiger partial charge is 0.362 e. The summed E-state index contributed by atoms with van der Waals surface area (Å²) in [7, 11) is 5.51. The van der Waals surface area contributed by atoms with Crippen LogP contribution in [0.5, 0.6) is 0 Å². The average Bonchev–Trinajstić information content (AvgIpc) is 3.18. The van der Waals surface area contributed by atoms with Crippen molar-refractivity contribution in [3.8, 4) is 0 Å². The lowest BCUT2D eigenvalue weighted by Crippen LogP contribution is -2.50. The third kappa shape index (κ3) is 38.1. The molecule has 2 atom stereocenters. The third-order valence-electron chi connectivity index (χ3n) is 9.63. The lowest BCUT2D eigenvalue weighted by molar-refractivity contribution is -0.887. The van der Waals surface area contributed by atoms with Crippen LogP contribution in [0, 0.1) is 0 Å². The molecule has 0 aromatic rings. The SMILES string of the molecule is CC/C=C/C=C/C=C/C=C/CCCCCCCC(=O)OCC(COCCC(C(=O)O)[N+](C)(C)C)OC(=O)CCCCCCCCCCC/C=C/C/C=C/C/C=C/CC. The molecular formula is C50H84NO7+. The van der Waals surface area contributed by atoms with Crippen LogP contribution >= 0.6 is 0 Å². The van der Waals surface area contributed by atoms with Crippen LogP contribution < -0.4 is 0 Å². The van der Waals surface area contributed by atoms with Gasteiger partial charge in [-0.3, -0.25) is 9.59 Å². The standard InChI is InChI=1S/C50H83NO7/c1-6-8-10-12-14-16-18-20-22-23-24-25-27-29-31-33-35-37-39-41-49(53)58-46(44-56-43-42-47(50(54)55)51(3,4)5)45-57-48(52)40-38-36-34-32-30-28-26-21-19-17-15-13-11-9-7-2/h8-11,13-17,19-22,26,46-47H,6-7,12,18,23-25,27-45H2,1-5H3/p+1/b10-8+,11-9+,15-13+,16-14+,19-17+,22-20+,26-21+. The van der Waals surface area contributed by atoms with E-state index in [0.717, 1.165) is 89.9 Å².